The molecule has 84 valence electrons. The van der Waals surface area contributed by atoms with Crippen LogP contribution in [0, 0.1) is 5.92 Å². The molecule has 1 aliphatic rings. The minimum absolute atomic E-state index is 0.348. The molecular formula is C12H25NO. The molecule has 1 heterocycles. The Bertz CT molecular complexity index is 149. The molecule has 0 bridgehead atoms. The predicted molar refractivity (Wildman–Crippen MR) is 60.4 cm³/mol. The van der Waals surface area contributed by atoms with Crippen LogP contribution in [0.5, 0.6) is 0 Å². The summed E-state index contributed by atoms with van der Waals surface area (Å²) < 4.78 is 0. The first-order valence-corrected chi connectivity index (χ1v) is 6.07. The van der Waals surface area contributed by atoms with Crippen molar-refractivity contribution in [2.45, 2.75) is 51.5 Å². The predicted octanol–water partition coefficient (Wildman–Crippen LogP) is 2.27. The van der Waals surface area contributed by atoms with Crippen LogP contribution in [-0.2, 0) is 0 Å². The van der Waals surface area contributed by atoms with Gasteiger partial charge in [0.15, 0.2) is 0 Å². The third-order valence-corrected chi connectivity index (χ3v) is 3.55. The van der Waals surface area contributed by atoms with Gasteiger partial charge in [0.2, 0.25) is 0 Å². The molecular weight excluding hydrogens is 174 g/mol. The van der Waals surface area contributed by atoms with Gasteiger partial charge < -0.3 is 10.0 Å². The lowest BCUT2D eigenvalue weighted by molar-refractivity contribution is 0.169. The Labute approximate surface area is 88.3 Å². The van der Waals surface area contributed by atoms with Crippen LogP contribution in [0.3, 0.4) is 0 Å². The van der Waals surface area contributed by atoms with Gasteiger partial charge in [-0.15, -0.1) is 0 Å². The summed E-state index contributed by atoms with van der Waals surface area (Å²) >= 11 is 0. The Morgan fingerprint density at radius 1 is 1.36 bits per heavy atom. The maximum atomic E-state index is 8.82. The quantitative estimate of drug-likeness (QED) is 0.751. The van der Waals surface area contributed by atoms with Crippen molar-refractivity contribution in [3.8, 4) is 0 Å². The summed E-state index contributed by atoms with van der Waals surface area (Å²) in [4.78, 5) is 2.52. The number of hydrogen-bond donors (Lipinski definition) is 1. The van der Waals surface area contributed by atoms with E-state index in [1.54, 1.807) is 0 Å². The zero-order valence-corrected chi connectivity index (χ0v) is 9.71. The maximum Gasteiger partial charge on any atom is 0.0431 e. The van der Waals surface area contributed by atoms with Gasteiger partial charge in [-0.05, 0) is 45.2 Å². The van der Waals surface area contributed by atoms with Gasteiger partial charge in [-0.1, -0.05) is 19.8 Å². The molecule has 2 nitrogen and oxygen atoms in total. The van der Waals surface area contributed by atoms with Crippen LogP contribution in [-0.4, -0.2) is 36.2 Å². The molecule has 14 heavy (non-hydrogen) atoms. The summed E-state index contributed by atoms with van der Waals surface area (Å²) in [5.41, 5.74) is 0. The largest absolute Gasteiger partial charge is 0.396 e. The van der Waals surface area contributed by atoms with E-state index < -0.39 is 0 Å². The topological polar surface area (TPSA) is 23.5 Å². The Kier molecular flexibility index (Phi) is 5.49. The van der Waals surface area contributed by atoms with Crippen LogP contribution >= 0.6 is 0 Å². The van der Waals surface area contributed by atoms with Crippen molar-refractivity contribution in [2.75, 3.05) is 20.2 Å². The molecule has 2 atom stereocenters. The SMILES string of the molecule is CC(CCCO)C1CCCCCN1C. The molecule has 1 rings (SSSR count). The first kappa shape index (κ1) is 12.0. The van der Waals surface area contributed by atoms with Crippen molar-refractivity contribution < 1.29 is 5.11 Å². The number of hydrogen-bond acceptors (Lipinski definition) is 2. The smallest absolute Gasteiger partial charge is 0.0431 e. The average Bonchev–Trinajstić information content (AvgIpc) is 2.39. The highest BCUT2D eigenvalue weighted by Gasteiger charge is 2.22. The highest BCUT2D eigenvalue weighted by molar-refractivity contribution is 4.77. The van der Waals surface area contributed by atoms with E-state index in [2.05, 4.69) is 18.9 Å². The number of nitrogens with zero attached hydrogens (tertiary/aromatic N) is 1. The standard InChI is InChI=1S/C12H25NO/c1-11(7-6-10-14)12-8-4-3-5-9-13(12)2/h11-12,14H,3-10H2,1-2H3. The average molecular weight is 199 g/mol. The summed E-state index contributed by atoms with van der Waals surface area (Å²) in [5.74, 6) is 0.741. The van der Waals surface area contributed by atoms with Crippen LogP contribution in [0.2, 0.25) is 0 Å². The van der Waals surface area contributed by atoms with Crippen molar-refractivity contribution in [2.24, 2.45) is 5.92 Å². The number of aliphatic hydroxyl groups is 1. The molecule has 1 N–H and O–H groups in total. The third kappa shape index (κ3) is 3.58. The molecule has 1 saturated heterocycles. The summed E-state index contributed by atoms with van der Waals surface area (Å²) in [7, 11) is 2.26. The number of likely N-dealkylation sites (tertiary alicyclic amines) is 1. The fraction of sp³-hybridized carbons (Fsp3) is 1.00. The van der Waals surface area contributed by atoms with E-state index in [-0.39, 0.29) is 0 Å². The van der Waals surface area contributed by atoms with E-state index >= 15 is 0 Å². The molecule has 0 aliphatic carbocycles. The summed E-state index contributed by atoms with van der Waals surface area (Å²) in [6.07, 6.45) is 7.63. The fourth-order valence-corrected chi connectivity index (χ4v) is 2.60. The first-order valence-electron chi connectivity index (χ1n) is 6.07. The molecule has 1 fully saturated rings. The lowest BCUT2D eigenvalue weighted by Gasteiger charge is -2.31. The van der Waals surface area contributed by atoms with Gasteiger partial charge in [-0.3, -0.25) is 0 Å². The monoisotopic (exact) mass is 199 g/mol. The second-order valence-electron chi connectivity index (χ2n) is 4.74. The van der Waals surface area contributed by atoms with Gasteiger partial charge >= 0.3 is 0 Å². The maximum absolute atomic E-state index is 8.82. The van der Waals surface area contributed by atoms with Crippen LogP contribution < -0.4 is 0 Å². The van der Waals surface area contributed by atoms with Gasteiger partial charge in [-0.2, -0.15) is 0 Å². The minimum atomic E-state index is 0.348. The van der Waals surface area contributed by atoms with Crippen LogP contribution in [0.15, 0.2) is 0 Å². The molecule has 0 amide bonds. The van der Waals surface area contributed by atoms with E-state index in [4.69, 9.17) is 5.11 Å². The van der Waals surface area contributed by atoms with Crippen molar-refractivity contribution in [1.29, 1.82) is 0 Å². The lowest BCUT2D eigenvalue weighted by atomic mass is 9.92. The van der Waals surface area contributed by atoms with Gasteiger partial charge in [0, 0.05) is 12.6 Å². The van der Waals surface area contributed by atoms with Gasteiger partial charge in [0.1, 0.15) is 0 Å². The Hall–Kier alpha value is -0.0800. The highest BCUT2D eigenvalue weighted by Crippen LogP contribution is 2.24. The van der Waals surface area contributed by atoms with E-state index in [1.165, 1.54) is 38.6 Å². The zero-order valence-electron chi connectivity index (χ0n) is 9.71. The van der Waals surface area contributed by atoms with Crippen LogP contribution in [0.4, 0.5) is 0 Å². The molecule has 0 aromatic heterocycles. The molecule has 2 unspecified atom stereocenters. The van der Waals surface area contributed by atoms with E-state index in [9.17, 15) is 0 Å². The molecule has 0 aromatic carbocycles. The molecule has 2 heteroatoms. The summed E-state index contributed by atoms with van der Waals surface area (Å²) in [5, 5.41) is 8.82. The first-order chi connectivity index (χ1) is 6.75. The minimum Gasteiger partial charge on any atom is -0.396 e. The van der Waals surface area contributed by atoms with Crippen LogP contribution in [0.25, 0.3) is 0 Å². The third-order valence-electron chi connectivity index (χ3n) is 3.55. The normalized spacial score (nSPS) is 27.2. The fourth-order valence-electron chi connectivity index (χ4n) is 2.60. The Morgan fingerprint density at radius 2 is 2.14 bits per heavy atom. The second-order valence-corrected chi connectivity index (χ2v) is 4.74. The number of rotatable bonds is 4. The van der Waals surface area contributed by atoms with Crippen molar-refractivity contribution >= 4 is 0 Å². The number of aliphatic hydroxyl groups excluding tert-OH is 1. The summed E-state index contributed by atoms with van der Waals surface area (Å²) in [6, 6.07) is 0.754. The molecule has 0 aromatic rings. The molecule has 1 aliphatic heterocycles. The van der Waals surface area contributed by atoms with E-state index in [0.717, 1.165) is 18.4 Å². The van der Waals surface area contributed by atoms with Crippen molar-refractivity contribution in [1.82, 2.24) is 4.90 Å². The Balaban J connectivity index is 2.37. The van der Waals surface area contributed by atoms with Crippen molar-refractivity contribution in [3.63, 3.8) is 0 Å². The van der Waals surface area contributed by atoms with E-state index in [0.29, 0.717) is 6.61 Å². The van der Waals surface area contributed by atoms with Gasteiger partial charge in [-0.25, -0.2) is 0 Å². The zero-order chi connectivity index (χ0) is 10.4. The van der Waals surface area contributed by atoms with Gasteiger partial charge in [0.25, 0.3) is 0 Å². The van der Waals surface area contributed by atoms with Crippen LogP contribution in [0.1, 0.15) is 45.4 Å². The molecule has 0 radical (unpaired) electrons. The molecule has 0 spiro atoms. The highest BCUT2D eigenvalue weighted by atomic mass is 16.2. The van der Waals surface area contributed by atoms with Gasteiger partial charge in [0.05, 0.1) is 0 Å². The Morgan fingerprint density at radius 3 is 2.86 bits per heavy atom. The van der Waals surface area contributed by atoms with Crippen molar-refractivity contribution in [3.05, 3.63) is 0 Å². The van der Waals surface area contributed by atoms with E-state index in [1.807, 2.05) is 0 Å². The lowest BCUT2D eigenvalue weighted by Crippen LogP contribution is -2.36. The molecule has 0 saturated carbocycles. The summed E-state index contributed by atoms with van der Waals surface area (Å²) in [6.45, 7) is 3.94. The second kappa shape index (κ2) is 6.41.